The zero-order valence-electron chi connectivity index (χ0n) is 21.3. The molecule has 0 radical (unpaired) electrons. The molecular weight excluding hydrogens is 518 g/mol. The van der Waals surface area contributed by atoms with E-state index in [9.17, 15) is 9.59 Å². The summed E-state index contributed by atoms with van der Waals surface area (Å²) in [7, 11) is 0. The number of ether oxygens (including phenoxy) is 2. The predicted molar refractivity (Wildman–Crippen MR) is 149 cm³/mol. The lowest BCUT2D eigenvalue weighted by Gasteiger charge is -2.25. The third kappa shape index (κ3) is 5.15. The lowest BCUT2D eigenvalue weighted by molar-refractivity contribution is -0.125. The maximum atomic E-state index is 13.9. The predicted octanol–water partition coefficient (Wildman–Crippen LogP) is 4.25. The van der Waals surface area contributed by atoms with Crippen LogP contribution < -0.4 is 10.4 Å². The fraction of sp³-hybridized carbons (Fsp3) is 0.276. The Hall–Kier alpha value is -4.08. The van der Waals surface area contributed by atoms with E-state index in [2.05, 4.69) is 9.88 Å². The number of carbonyl (C=O) groups is 1. The number of likely N-dealkylation sites (tertiary alicyclic amines) is 1. The van der Waals surface area contributed by atoms with Crippen molar-refractivity contribution in [2.75, 3.05) is 39.4 Å². The molecule has 0 unspecified atom stereocenters. The summed E-state index contributed by atoms with van der Waals surface area (Å²) in [5.41, 5.74) is 1.85. The average molecular weight is 546 g/mol. The van der Waals surface area contributed by atoms with Gasteiger partial charge in [-0.1, -0.05) is 29.8 Å². The second-order valence-corrected chi connectivity index (χ2v) is 9.98. The number of nitrogens with zero attached hydrogens (tertiary/aromatic N) is 5. The third-order valence-corrected chi connectivity index (χ3v) is 7.43. The fourth-order valence-electron chi connectivity index (χ4n) is 5.15. The zero-order valence-corrected chi connectivity index (χ0v) is 22.0. The van der Waals surface area contributed by atoms with Crippen molar-refractivity contribution in [3.8, 4) is 17.2 Å². The number of fused-ring (bicyclic) bond motifs is 1. The molecule has 2 saturated heterocycles. The first-order valence-electron chi connectivity index (χ1n) is 13.0. The van der Waals surface area contributed by atoms with Gasteiger partial charge in [-0.05, 0) is 42.8 Å². The van der Waals surface area contributed by atoms with Gasteiger partial charge in [-0.2, -0.15) is 0 Å². The lowest BCUT2D eigenvalue weighted by Crippen LogP contribution is -2.33. The molecule has 9 nitrogen and oxygen atoms in total. The first-order valence-corrected chi connectivity index (χ1v) is 13.3. The molecule has 2 aliphatic heterocycles. The average Bonchev–Trinajstić information content (AvgIpc) is 3.56. The Morgan fingerprint density at radius 1 is 1.05 bits per heavy atom. The summed E-state index contributed by atoms with van der Waals surface area (Å²) in [6, 6.07) is 16.4. The van der Waals surface area contributed by atoms with E-state index in [1.165, 1.54) is 0 Å². The third-order valence-electron chi connectivity index (χ3n) is 7.13. The Labute approximate surface area is 230 Å². The number of aromatic nitrogens is 3. The van der Waals surface area contributed by atoms with Gasteiger partial charge < -0.3 is 19.3 Å². The van der Waals surface area contributed by atoms with Gasteiger partial charge in [0, 0.05) is 44.7 Å². The summed E-state index contributed by atoms with van der Waals surface area (Å²) in [6.07, 6.45) is 7.50. The van der Waals surface area contributed by atoms with Crippen molar-refractivity contribution in [3.63, 3.8) is 0 Å². The standard InChI is InChI=1S/C29H28ClN5O4/c30-24-18-21(6-7-27(24)39-23-4-2-1-3-5-23)34-26-19-31-11-8-25(26)35(29(34)37)22-9-13-33(20-22)28(36)10-12-32-14-16-38-17-15-32/h1-8,10-12,18-19,22H,9,13-17,20H2/t22-/m1/s1. The van der Waals surface area contributed by atoms with Crippen LogP contribution in [0.2, 0.25) is 5.02 Å². The minimum Gasteiger partial charge on any atom is -0.456 e. The van der Waals surface area contributed by atoms with Crippen LogP contribution in [0, 0.1) is 0 Å². The molecule has 0 bridgehead atoms. The van der Waals surface area contributed by atoms with Gasteiger partial charge in [-0.3, -0.25) is 18.9 Å². The highest BCUT2D eigenvalue weighted by atomic mass is 35.5. The highest BCUT2D eigenvalue weighted by Gasteiger charge is 2.30. The van der Waals surface area contributed by atoms with E-state index >= 15 is 0 Å². The first kappa shape index (κ1) is 25.2. The van der Waals surface area contributed by atoms with Gasteiger partial charge in [-0.15, -0.1) is 0 Å². The van der Waals surface area contributed by atoms with Crippen molar-refractivity contribution in [1.29, 1.82) is 0 Å². The molecule has 0 saturated carbocycles. The van der Waals surface area contributed by atoms with E-state index in [-0.39, 0.29) is 17.6 Å². The van der Waals surface area contributed by atoms with Crippen LogP contribution >= 0.6 is 11.6 Å². The Morgan fingerprint density at radius 3 is 2.67 bits per heavy atom. The minimum absolute atomic E-state index is 0.0526. The molecule has 4 heterocycles. The number of hydrogen-bond donors (Lipinski definition) is 0. The normalized spacial score (nSPS) is 17.8. The van der Waals surface area contributed by atoms with Gasteiger partial charge in [0.1, 0.15) is 11.5 Å². The number of benzene rings is 2. The summed E-state index contributed by atoms with van der Waals surface area (Å²) in [4.78, 5) is 34.9. The molecule has 4 aromatic rings. The summed E-state index contributed by atoms with van der Waals surface area (Å²) < 4.78 is 14.7. The molecule has 2 fully saturated rings. The van der Waals surface area contributed by atoms with E-state index in [1.54, 1.807) is 44.6 Å². The monoisotopic (exact) mass is 545 g/mol. The smallest absolute Gasteiger partial charge is 0.334 e. The molecule has 10 heteroatoms. The number of morpholine rings is 1. The number of carbonyl (C=O) groups excluding carboxylic acids is 1. The minimum atomic E-state index is -0.200. The Kier molecular flexibility index (Phi) is 7.08. The maximum absolute atomic E-state index is 13.9. The van der Waals surface area contributed by atoms with Crippen LogP contribution in [-0.2, 0) is 9.53 Å². The molecule has 0 spiro atoms. The molecule has 1 amide bonds. The number of amides is 1. The summed E-state index contributed by atoms with van der Waals surface area (Å²) in [5, 5.41) is 0.387. The van der Waals surface area contributed by atoms with E-state index < -0.39 is 0 Å². The molecule has 1 atom stereocenters. The molecule has 2 aromatic carbocycles. The Balaban J connectivity index is 1.26. The lowest BCUT2D eigenvalue weighted by atomic mass is 10.2. The van der Waals surface area contributed by atoms with Gasteiger partial charge >= 0.3 is 5.69 Å². The number of para-hydroxylation sites is 1. The van der Waals surface area contributed by atoms with Crippen molar-refractivity contribution in [1.82, 2.24) is 23.9 Å². The van der Waals surface area contributed by atoms with Gasteiger partial charge in [-0.25, -0.2) is 4.79 Å². The maximum Gasteiger partial charge on any atom is 0.334 e. The Bertz CT molecular complexity index is 1580. The molecular formula is C29H28ClN5O4. The molecule has 2 aliphatic rings. The molecule has 2 aromatic heterocycles. The molecule has 200 valence electrons. The van der Waals surface area contributed by atoms with Gasteiger partial charge in [0.2, 0.25) is 5.91 Å². The number of hydrogen-bond acceptors (Lipinski definition) is 6. The second kappa shape index (κ2) is 11.0. The van der Waals surface area contributed by atoms with Gasteiger partial charge in [0.25, 0.3) is 0 Å². The van der Waals surface area contributed by atoms with Crippen molar-refractivity contribution in [2.45, 2.75) is 12.5 Å². The summed E-state index contributed by atoms with van der Waals surface area (Å²) >= 11 is 6.58. The van der Waals surface area contributed by atoms with Crippen LogP contribution in [-0.4, -0.2) is 69.2 Å². The number of imidazole rings is 1. The SMILES string of the molecule is O=C(C=CN1CCOCC1)N1CC[C@@H](n2c(=O)n(-c3ccc(Oc4ccccc4)c(Cl)c3)c3cnccc32)C1. The van der Waals surface area contributed by atoms with Gasteiger partial charge in [0.15, 0.2) is 0 Å². The van der Waals surface area contributed by atoms with Crippen LogP contribution in [0.1, 0.15) is 12.5 Å². The van der Waals surface area contributed by atoms with Crippen LogP contribution in [0.4, 0.5) is 0 Å². The van der Waals surface area contributed by atoms with E-state index in [0.717, 1.165) is 18.6 Å². The second-order valence-electron chi connectivity index (χ2n) is 9.57. The quantitative estimate of drug-likeness (QED) is 0.337. The first-order chi connectivity index (χ1) is 19.1. The van der Waals surface area contributed by atoms with Crippen LogP contribution in [0.15, 0.2) is 84.1 Å². The zero-order chi connectivity index (χ0) is 26.8. The van der Waals surface area contributed by atoms with Crippen molar-refractivity contribution < 1.29 is 14.3 Å². The fourth-order valence-corrected chi connectivity index (χ4v) is 5.37. The highest BCUT2D eigenvalue weighted by molar-refractivity contribution is 6.32. The number of pyridine rings is 1. The van der Waals surface area contributed by atoms with E-state index in [0.29, 0.717) is 60.4 Å². The highest BCUT2D eigenvalue weighted by Crippen LogP contribution is 2.32. The van der Waals surface area contributed by atoms with Gasteiger partial charge in [0.05, 0.1) is 47.2 Å². The van der Waals surface area contributed by atoms with Crippen LogP contribution in [0.3, 0.4) is 0 Å². The largest absolute Gasteiger partial charge is 0.456 e. The molecule has 0 aliphatic carbocycles. The van der Waals surface area contributed by atoms with Crippen LogP contribution in [0.5, 0.6) is 11.5 Å². The summed E-state index contributed by atoms with van der Waals surface area (Å²) in [6.45, 7) is 3.93. The number of rotatable bonds is 6. The molecule has 39 heavy (non-hydrogen) atoms. The topological polar surface area (TPSA) is 81.8 Å². The number of halogens is 1. The van der Waals surface area contributed by atoms with Crippen molar-refractivity contribution in [3.05, 3.63) is 94.8 Å². The summed E-state index contributed by atoms with van der Waals surface area (Å²) in [5.74, 6) is 1.12. The van der Waals surface area contributed by atoms with Crippen molar-refractivity contribution in [2.24, 2.45) is 0 Å². The molecule has 6 rings (SSSR count). The van der Waals surface area contributed by atoms with E-state index in [1.807, 2.05) is 48.7 Å². The van der Waals surface area contributed by atoms with Crippen LogP contribution in [0.25, 0.3) is 16.7 Å². The Morgan fingerprint density at radius 2 is 1.87 bits per heavy atom. The van der Waals surface area contributed by atoms with Crippen molar-refractivity contribution >= 4 is 28.5 Å². The molecule has 0 N–H and O–H groups in total. The van der Waals surface area contributed by atoms with E-state index in [4.69, 9.17) is 21.1 Å².